The molecule has 3 unspecified atom stereocenters. The Balaban J connectivity index is 0.00000182. The van der Waals surface area contributed by atoms with Crippen molar-refractivity contribution >= 4 is 51.5 Å². The molecule has 4 rings (SSSR count). The summed E-state index contributed by atoms with van der Waals surface area (Å²) in [4.78, 5) is 9.03. The van der Waals surface area contributed by atoms with Gasteiger partial charge in [0.05, 0.1) is 33.5 Å². The molecule has 2 N–H and O–H groups in total. The first-order chi connectivity index (χ1) is 11.8. The van der Waals surface area contributed by atoms with Crippen LogP contribution in [0.15, 0.2) is 29.3 Å². The van der Waals surface area contributed by atoms with Crippen molar-refractivity contribution in [2.24, 2.45) is 4.99 Å². The van der Waals surface area contributed by atoms with Crippen LogP contribution in [-0.2, 0) is 11.2 Å². The average Bonchev–Trinajstić information content (AvgIpc) is 3.31. The van der Waals surface area contributed by atoms with Crippen LogP contribution in [-0.4, -0.2) is 42.8 Å². The van der Waals surface area contributed by atoms with Crippen LogP contribution < -0.4 is 10.6 Å². The van der Waals surface area contributed by atoms with Crippen LogP contribution in [0.25, 0.3) is 10.2 Å². The number of fused-ring (bicyclic) bond motifs is 3. The molecule has 2 aliphatic heterocycles. The van der Waals surface area contributed by atoms with E-state index in [-0.39, 0.29) is 24.0 Å². The van der Waals surface area contributed by atoms with Gasteiger partial charge in [-0.25, -0.2) is 4.98 Å². The van der Waals surface area contributed by atoms with Crippen LogP contribution in [0.2, 0.25) is 0 Å². The van der Waals surface area contributed by atoms with E-state index in [2.05, 4.69) is 38.8 Å². The van der Waals surface area contributed by atoms with Gasteiger partial charge in [-0.2, -0.15) is 0 Å². The van der Waals surface area contributed by atoms with Crippen molar-refractivity contribution in [1.82, 2.24) is 15.6 Å². The second-order valence-corrected chi connectivity index (χ2v) is 7.65. The number of nitrogens with zero attached hydrogens (tertiary/aromatic N) is 2. The molecule has 0 saturated carbocycles. The summed E-state index contributed by atoms with van der Waals surface area (Å²) in [6, 6.07) is 8.75. The maximum atomic E-state index is 5.89. The Bertz CT molecular complexity index is 702. The number of para-hydroxylation sites is 1. The SMILES string of the molecule is CN=C(NCCCc1nc2ccccc2s1)NC1CC2CCC1O2.I. The number of guanidine groups is 1. The summed E-state index contributed by atoms with van der Waals surface area (Å²) in [5.74, 6) is 0.889. The number of aryl methyl sites for hydroxylation is 1. The highest BCUT2D eigenvalue weighted by Crippen LogP contribution is 2.34. The number of thiazole rings is 1. The number of aromatic nitrogens is 1. The summed E-state index contributed by atoms with van der Waals surface area (Å²) >= 11 is 1.79. The molecule has 7 heteroatoms. The third-order valence-electron chi connectivity index (χ3n) is 4.85. The van der Waals surface area contributed by atoms with E-state index < -0.39 is 0 Å². The minimum absolute atomic E-state index is 0. The van der Waals surface area contributed by atoms with Crippen molar-refractivity contribution in [1.29, 1.82) is 0 Å². The Morgan fingerprint density at radius 2 is 2.24 bits per heavy atom. The number of benzene rings is 1. The van der Waals surface area contributed by atoms with E-state index in [9.17, 15) is 0 Å². The predicted octanol–water partition coefficient (Wildman–Crippen LogP) is 3.33. The maximum absolute atomic E-state index is 5.89. The van der Waals surface area contributed by atoms with Crippen molar-refractivity contribution in [3.8, 4) is 0 Å². The first-order valence-corrected chi connectivity index (χ1v) is 9.60. The fourth-order valence-corrected chi connectivity index (χ4v) is 4.64. The smallest absolute Gasteiger partial charge is 0.191 e. The molecule has 136 valence electrons. The minimum atomic E-state index is 0. The lowest BCUT2D eigenvalue weighted by molar-refractivity contribution is 0.0992. The molecule has 2 fully saturated rings. The molecule has 2 bridgehead atoms. The van der Waals surface area contributed by atoms with E-state index in [0.717, 1.165) is 37.3 Å². The third kappa shape index (κ3) is 4.43. The van der Waals surface area contributed by atoms with Crippen molar-refractivity contribution in [3.05, 3.63) is 29.3 Å². The van der Waals surface area contributed by atoms with Gasteiger partial charge < -0.3 is 15.4 Å². The zero-order chi connectivity index (χ0) is 16.4. The normalized spacial score (nSPS) is 25.2. The molecule has 3 atom stereocenters. The molecule has 5 nitrogen and oxygen atoms in total. The van der Waals surface area contributed by atoms with Gasteiger partial charge in [-0.15, -0.1) is 35.3 Å². The summed E-state index contributed by atoms with van der Waals surface area (Å²) < 4.78 is 7.16. The summed E-state index contributed by atoms with van der Waals surface area (Å²) in [7, 11) is 1.83. The highest BCUT2D eigenvalue weighted by molar-refractivity contribution is 14.0. The molecule has 2 saturated heterocycles. The molecular weight excluding hydrogens is 447 g/mol. The molecule has 3 heterocycles. The van der Waals surface area contributed by atoms with Gasteiger partial charge in [0.1, 0.15) is 0 Å². The minimum Gasteiger partial charge on any atom is -0.373 e. The van der Waals surface area contributed by atoms with Gasteiger partial charge in [0, 0.05) is 20.0 Å². The molecular formula is C18H25IN4OS. The number of nitrogens with one attached hydrogen (secondary N) is 2. The van der Waals surface area contributed by atoms with Gasteiger partial charge >= 0.3 is 0 Å². The van der Waals surface area contributed by atoms with Crippen molar-refractivity contribution < 1.29 is 4.74 Å². The molecule has 2 aliphatic rings. The molecule has 0 radical (unpaired) electrons. The fourth-order valence-electron chi connectivity index (χ4n) is 3.63. The summed E-state index contributed by atoms with van der Waals surface area (Å²) in [5.41, 5.74) is 1.11. The summed E-state index contributed by atoms with van der Waals surface area (Å²) in [5, 5.41) is 8.15. The van der Waals surface area contributed by atoms with Crippen LogP contribution in [0.1, 0.15) is 30.7 Å². The van der Waals surface area contributed by atoms with E-state index in [0.29, 0.717) is 18.2 Å². The van der Waals surface area contributed by atoms with Crippen LogP contribution in [0.5, 0.6) is 0 Å². The Labute approximate surface area is 169 Å². The Morgan fingerprint density at radius 1 is 1.36 bits per heavy atom. The predicted molar refractivity (Wildman–Crippen MR) is 114 cm³/mol. The van der Waals surface area contributed by atoms with E-state index in [1.807, 2.05) is 13.1 Å². The van der Waals surface area contributed by atoms with E-state index in [1.165, 1.54) is 22.5 Å². The Kier molecular flexibility index (Phi) is 6.51. The number of halogens is 1. The highest BCUT2D eigenvalue weighted by atomic mass is 127. The molecule has 2 aromatic rings. The van der Waals surface area contributed by atoms with Crippen LogP contribution in [0, 0.1) is 0 Å². The van der Waals surface area contributed by atoms with Gasteiger partial charge in [0.15, 0.2) is 5.96 Å². The highest BCUT2D eigenvalue weighted by Gasteiger charge is 2.41. The second kappa shape index (κ2) is 8.64. The fraction of sp³-hybridized carbons (Fsp3) is 0.556. The molecule has 1 aromatic carbocycles. The largest absolute Gasteiger partial charge is 0.373 e. The number of rotatable bonds is 5. The maximum Gasteiger partial charge on any atom is 0.191 e. The monoisotopic (exact) mass is 472 g/mol. The van der Waals surface area contributed by atoms with Crippen molar-refractivity contribution in [3.63, 3.8) is 0 Å². The molecule has 0 aliphatic carbocycles. The first kappa shape index (κ1) is 18.8. The van der Waals surface area contributed by atoms with E-state index in [1.54, 1.807) is 11.3 Å². The molecule has 0 amide bonds. The van der Waals surface area contributed by atoms with Crippen LogP contribution in [0.3, 0.4) is 0 Å². The first-order valence-electron chi connectivity index (χ1n) is 8.79. The van der Waals surface area contributed by atoms with Gasteiger partial charge in [-0.1, -0.05) is 12.1 Å². The van der Waals surface area contributed by atoms with Gasteiger partial charge in [-0.05, 0) is 37.8 Å². The molecule has 0 spiro atoms. The van der Waals surface area contributed by atoms with Gasteiger partial charge in [0.2, 0.25) is 0 Å². The quantitative estimate of drug-likeness (QED) is 0.304. The standard InChI is InChI=1S/C18H24N4OS.HI/c1-19-18(22-14-11-12-8-9-15(14)23-12)20-10-4-7-17-21-13-5-2-3-6-16(13)24-17;/h2-3,5-6,12,14-15H,4,7-11H2,1H3,(H2,19,20,22);1H. The Morgan fingerprint density at radius 3 is 2.96 bits per heavy atom. The number of ether oxygens (including phenoxy) is 1. The Hall–Kier alpha value is -0.930. The average molecular weight is 472 g/mol. The van der Waals surface area contributed by atoms with Gasteiger partial charge in [-0.3, -0.25) is 4.99 Å². The third-order valence-corrected chi connectivity index (χ3v) is 5.95. The van der Waals surface area contributed by atoms with E-state index >= 15 is 0 Å². The zero-order valence-electron chi connectivity index (χ0n) is 14.4. The van der Waals surface area contributed by atoms with Crippen LogP contribution in [0.4, 0.5) is 0 Å². The zero-order valence-corrected chi connectivity index (χ0v) is 17.6. The lowest BCUT2D eigenvalue weighted by atomic mass is 9.96. The lowest BCUT2D eigenvalue weighted by Gasteiger charge is -2.22. The summed E-state index contributed by atoms with van der Waals surface area (Å²) in [6.07, 6.45) is 6.39. The van der Waals surface area contributed by atoms with Crippen molar-refractivity contribution in [2.75, 3.05) is 13.6 Å². The number of hydrogen-bond donors (Lipinski definition) is 2. The number of aliphatic imine (C=N–C) groups is 1. The lowest BCUT2D eigenvalue weighted by Crippen LogP contribution is -2.47. The molecule has 25 heavy (non-hydrogen) atoms. The number of hydrogen-bond acceptors (Lipinski definition) is 4. The van der Waals surface area contributed by atoms with Crippen molar-refractivity contribution in [2.45, 2.75) is 50.4 Å². The topological polar surface area (TPSA) is 58.5 Å². The molecule has 1 aromatic heterocycles. The second-order valence-electron chi connectivity index (χ2n) is 6.54. The van der Waals surface area contributed by atoms with Crippen LogP contribution >= 0.6 is 35.3 Å². The summed E-state index contributed by atoms with van der Waals surface area (Å²) in [6.45, 7) is 0.900. The van der Waals surface area contributed by atoms with Gasteiger partial charge in [0.25, 0.3) is 0 Å². The van der Waals surface area contributed by atoms with E-state index in [4.69, 9.17) is 4.74 Å².